The highest BCUT2D eigenvalue weighted by Crippen LogP contribution is 2.41. The average molecular weight is 197 g/mol. The van der Waals surface area contributed by atoms with E-state index in [1.807, 2.05) is 0 Å². The van der Waals surface area contributed by atoms with Crippen molar-refractivity contribution in [3.05, 3.63) is 23.6 Å². The van der Waals surface area contributed by atoms with Gasteiger partial charge in [0, 0.05) is 11.6 Å². The number of ether oxygens (including phenoxy) is 1. The molecule has 0 aliphatic heterocycles. The second-order valence-electron chi connectivity index (χ2n) is 3.53. The van der Waals surface area contributed by atoms with Crippen LogP contribution >= 0.6 is 0 Å². The van der Waals surface area contributed by atoms with E-state index in [0.29, 0.717) is 11.4 Å². The number of nitrogens with zero attached hydrogens (tertiary/aromatic N) is 1. The first kappa shape index (κ1) is 9.40. The molecule has 1 N–H and O–H groups in total. The molecule has 4 heteroatoms. The Labute approximate surface area is 81.5 Å². The summed E-state index contributed by atoms with van der Waals surface area (Å²) in [4.78, 5) is 3.71. The molecule has 0 bridgehead atoms. The Morgan fingerprint density at radius 2 is 2.36 bits per heavy atom. The van der Waals surface area contributed by atoms with E-state index in [4.69, 9.17) is 4.74 Å². The van der Waals surface area contributed by atoms with Crippen LogP contribution in [0.4, 0.5) is 4.39 Å². The predicted molar refractivity (Wildman–Crippen MR) is 48.4 cm³/mol. The molecule has 1 aromatic rings. The van der Waals surface area contributed by atoms with Gasteiger partial charge in [-0.05, 0) is 18.8 Å². The van der Waals surface area contributed by atoms with E-state index < -0.39 is 11.9 Å². The topological polar surface area (TPSA) is 42.4 Å². The summed E-state index contributed by atoms with van der Waals surface area (Å²) in [5, 5.41) is 9.74. The molecule has 0 aromatic carbocycles. The fraction of sp³-hybridized carbons (Fsp3) is 0.500. The van der Waals surface area contributed by atoms with Crippen LogP contribution in [0.3, 0.4) is 0 Å². The highest BCUT2D eigenvalue weighted by Gasteiger charge is 2.32. The van der Waals surface area contributed by atoms with E-state index in [2.05, 4.69) is 4.98 Å². The number of methoxy groups -OCH3 is 1. The lowest BCUT2D eigenvalue weighted by atomic mass is 10.1. The van der Waals surface area contributed by atoms with Crippen molar-refractivity contribution in [2.24, 2.45) is 5.92 Å². The van der Waals surface area contributed by atoms with E-state index in [-0.39, 0.29) is 5.92 Å². The Balaban J connectivity index is 2.29. The summed E-state index contributed by atoms with van der Waals surface area (Å²) in [5.41, 5.74) is 0.291. The number of aromatic nitrogens is 1. The molecule has 1 aromatic heterocycles. The van der Waals surface area contributed by atoms with Crippen LogP contribution in [-0.4, -0.2) is 17.2 Å². The Morgan fingerprint density at radius 1 is 1.64 bits per heavy atom. The van der Waals surface area contributed by atoms with Crippen molar-refractivity contribution >= 4 is 0 Å². The highest BCUT2D eigenvalue weighted by molar-refractivity contribution is 5.25. The van der Waals surface area contributed by atoms with Gasteiger partial charge in [-0.15, -0.1) is 0 Å². The molecule has 1 fully saturated rings. The van der Waals surface area contributed by atoms with Crippen molar-refractivity contribution < 1.29 is 14.2 Å². The zero-order valence-corrected chi connectivity index (χ0v) is 7.90. The van der Waals surface area contributed by atoms with Gasteiger partial charge in [-0.1, -0.05) is 0 Å². The lowest BCUT2D eigenvalue weighted by molar-refractivity contribution is 0.148. The number of rotatable bonds is 3. The van der Waals surface area contributed by atoms with Gasteiger partial charge >= 0.3 is 0 Å². The Hall–Kier alpha value is -1.16. The third-order valence-electron chi connectivity index (χ3n) is 2.46. The monoisotopic (exact) mass is 197 g/mol. The van der Waals surface area contributed by atoms with Crippen molar-refractivity contribution in [3.8, 4) is 5.88 Å². The Morgan fingerprint density at radius 3 is 2.93 bits per heavy atom. The zero-order valence-electron chi connectivity index (χ0n) is 7.90. The SMILES string of the molecule is COc1cc([C@H](O)C2CC2)c(F)cn1. The van der Waals surface area contributed by atoms with Gasteiger partial charge in [0.15, 0.2) is 0 Å². The van der Waals surface area contributed by atoms with Crippen molar-refractivity contribution in [1.29, 1.82) is 0 Å². The second kappa shape index (κ2) is 3.53. The quantitative estimate of drug-likeness (QED) is 0.801. The van der Waals surface area contributed by atoms with Gasteiger partial charge in [0.1, 0.15) is 5.82 Å². The molecule has 76 valence electrons. The van der Waals surface area contributed by atoms with Crippen LogP contribution in [0, 0.1) is 11.7 Å². The summed E-state index contributed by atoms with van der Waals surface area (Å²) in [7, 11) is 1.47. The molecule has 0 saturated heterocycles. The first-order valence-corrected chi connectivity index (χ1v) is 4.60. The molecule has 1 saturated carbocycles. The highest BCUT2D eigenvalue weighted by atomic mass is 19.1. The van der Waals surface area contributed by atoms with Crippen LogP contribution in [0.5, 0.6) is 5.88 Å². The molecule has 0 unspecified atom stereocenters. The van der Waals surface area contributed by atoms with Crippen molar-refractivity contribution in [3.63, 3.8) is 0 Å². The van der Waals surface area contributed by atoms with Gasteiger partial charge in [-0.3, -0.25) is 0 Å². The molecular weight excluding hydrogens is 185 g/mol. The molecule has 3 nitrogen and oxygen atoms in total. The number of hydrogen-bond donors (Lipinski definition) is 1. The standard InChI is InChI=1S/C10H12FNO2/c1-14-9-4-7(8(11)5-12-9)10(13)6-2-3-6/h4-6,10,13H,2-3H2,1H3/t10-/m1/s1. The maximum Gasteiger partial charge on any atom is 0.213 e. The van der Waals surface area contributed by atoms with E-state index in [9.17, 15) is 9.50 Å². The maximum absolute atomic E-state index is 13.3. The average Bonchev–Trinajstić information content (AvgIpc) is 3.01. The minimum absolute atomic E-state index is 0.205. The molecule has 0 amide bonds. The fourth-order valence-corrected chi connectivity index (χ4v) is 1.44. The maximum atomic E-state index is 13.3. The number of aliphatic hydroxyl groups is 1. The number of halogens is 1. The van der Waals surface area contributed by atoms with Crippen LogP contribution in [-0.2, 0) is 0 Å². The summed E-state index contributed by atoms with van der Waals surface area (Å²) < 4.78 is 18.1. The Bertz CT molecular complexity index is 339. The Kier molecular flexibility index (Phi) is 2.37. The normalized spacial score (nSPS) is 17.9. The first-order chi connectivity index (χ1) is 6.72. The van der Waals surface area contributed by atoms with Gasteiger partial charge in [-0.2, -0.15) is 0 Å². The molecule has 2 rings (SSSR count). The third-order valence-corrected chi connectivity index (χ3v) is 2.46. The van der Waals surface area contributed by atoms with Crippen LogP contribution < -0.4 is 4.74 Å². The van der Waals surface area contributed by atoms with E-state index in [1.165, 1.54) is 13.2 Å². The molecule has 0 spiro atoms. The predicted octanol–water partition coefficient (Wildman–Crippen LogP) is 1.67. The van der Waals surface area contributed by atoms with E-state index in [0.717, 1.165) is 19.0 Å². The van der Waals surface area contributed by atoms with E-state index >= 15 is 0 Å². The smallest absolute Gasteiger partial charge is 0.213 e. The summed E-state index contributed by atoms with van der Waals surface area (Å²) in [6, 6.07) is 1.46. The van der Waals surface area contributed by atoms with Crippen LogP contribution in [0.15, 0.2) is 12.3 Å². The minimum Gasteiger partial charge on any atom is -0.481 e. The second-order valence-corrected chi connectivity index (χ2v) is 3.53. The summed E-state index contributed by atoms with van der Waals surface area (Å²) in [6.45, 7) is 0. The van der Waals surface area contributed by atoms with Gasteiger partial charge in [-0.25, -0.2) is 9.37 Å². The van der Waals surface area contributed by atoms with Gasteiger partial charge in [0.2, 0.25) is 5.88 Å². The van der Waals surface area contributed by atoms with E-state index in [1.54, 1.807) is 0 Å². The van der Waals surface area contributed by atoms with Crippen molar-refractivity contribution in [1.82, 2.24) is 4.98 Å². The van der Waals surface area contributed by atoms with Gasteiger partial charge < -0.3 is 9.84 Å². The minimum atomic E-state index is -0.716. The molecule has 14 heavy (non-hydrogen) atoms. The largest absolute Gasteiger partial charge is 0.481 e. The number of pyridine rings is 1. The summed E-state index contributed by atoms with van der Waals surface area (Å²) in [5.74, 6) is 0.0721. The molecule has 1 aliphatic rings. The fourth-order valence-electron chi connectivity index (χ4n) is 1.44. The van der Waals surface area contributed by atoms with Crippen molar-refractivity contribution in [2.75, 3.05) is 7.11 Å². The zero-order chi connectivity index (χ0) is 10.1. The molecule has 1 aliphatic carbocycles. The first-order valence-electron chi connectivity index (χ1n) is 4.60. The van der Waals surface area contributed by atoms with Crippen LogP contribution in [0.2, 0.25) is 0 Å². The van der Waals surface area contributed by atoms with Crippen LogP contribution in [0.1, 0.15) is 24.5 Å². The molecule has 0 radical (unpaired) electrons. The van der Waals surface area contributed by atoms with Crippen molar-refractivity contribution in [2.45, 2.75) is 18.9 Å². The van der Waals surface area contributed by atoms with Crippen LogP contribution in [0.25, 0.3) is 0 Å². The van der Waals surface area contributed by atoms with Gasteiger partial charge in [0.05, 0.1) is 19.4 Å². The number of hydrogen-bond acceptors (Lipinski definition) is 3. The summed E-state index contributed by atoms with van der Waals surface area (Å²) in [6.07, 6.45) is 2.29. The van der Waals surface area contributed by atoms with Gasteiger partial charge in [0.25, 0.3) is 0 Å². The molecule has 1 atom stereocenters. The molecule has 1 heterocycles. The summed E-state index contributed by atoms with van der Waals surface area (Å²) >= 11 is 0. The number of aliphatic hydroxyl groups excluding tert-OH is 1. The lowest BCUT2D eigenvalue weighted by Crippen LogP contribution is -2.04. The molecular formula is C10H12FNO2. The lowest BCUT2D eigenvalue weighted by Gasteiger charge is -2.11. The third kappa shape index (κ3) is 1.70.